The van der Waals surface area contributed by atoms with Gasteiger partial charge >= 0.3 is 5.91 Å². The van der Waals surface area contributed by atoms with Crippen molar-refractivity contribution in [3.63, 3.8) is 0 Å². The van der Waals surface area contributed by atoms with Gasteiger partial charge in [0, 0.05) is 6.07 Å². The lowest BCUT2D eigenvalue weighted by Crippen LogP contribution is -2.52. The molecule has 0 radical (unpaired) electrons. The van der Waals surface area contributed by atoms with Gasteiger partial charge in [0.15, 0.2) is 0 Å². The van der Waals surface area contributed by atoms with Crippen molar-refractivity contribution in [2.45, 2.75) is 38.5 Å². The lowest BCUT2D eigenvalue weighted by molar-refractivity contribution is -0.360. The molecule has 1 aromatic heterocycles. The molecule has 100 valence electrons. The van der Waals surface area contributed by atoms with Gasteiger partial charge < -0.3 is 0 Å². The molecule has 4 aliphatic rings. The summed E-state index contributed by atoms with van der Waals surface area (Å²) in [6.07, 6.45) is 9.36. The number of hydrogen-bond donors (Lipinski definition) is 1. The molecular formula is C16H21N2O+. The zero-order chi connectivity index (χ0) is 12.9. The summed E-state index contributed by atoms with van der Waals surface area (Å²) in [4.78, 5) is 15.8. The molecule has 0 spiro atoms. The minimum absolute atomic E-state index is 0.0571. The smallest absolute Gasteiger partial charge is 0.247 e. The van der Waals surface area contributed by atoms with Crippen molar-refractivity contribution in [2.75, 3.05) is 5.32 Å². The number of H-pyrrole nitrogens is 1. The van der Waals surface area contributed by atoms with Crippen LogP contribution >= 0.6 is 0 Å². The molecule has 3 nitrogen and oxygen atoms in total. The third kappa shape index (κ3) is 1.87. The van der Waals surface area contributed by atoms with Gasteiger partial charge in [0.05, 0.1) is 11.6 Å². The van der Waals surface area contributed by atoms with Gasteiger partial charge in [-0.1, -0.05) is 6.07 Å². The molecule has 4 saturated carbocycles. The van der Waals surface area contributed by atoms with Crippen LogP contribution in [0.25, 0.3) is 0 Å². The molecule has 0 aliphatic heterocycles. The fourth-order valence-corrected chi connectivity index (χ4v) is 5.11. The third-order valence-electron chi connectivity index (χ3n) is 5.48. The summed E-state index contributed by atoms with van der Waals surface area (Å²) < 4.78 is 0. The first-order valence-corrected chi connectivity index (χ1v) is 7.52. The number of aromatic amines is 1. The Bertz CT molecular complexity index is 461. The van der Waals surface area contributed by atoms with E-state index >= 15 is 0 Å². The van der Waals surface area contributed by atoms with Crippen LogP contribution in [-0.2, 0) is 4.79 Å². The molecular weight excluding hydrogens is 236 g/mol. The van der Waals surface area contributed by atoms with Gasteiger partial charge in [-0.25, -0.2) is 15.1 Å². The Hall–Kier alpha value is -1.38. The third-order valence-corrected chi connectivity index (χ3v) is 5.48. The molecule has 5 rings (SSSR count). The highest BCUT2D eigenvalue weighted by Gasteiger charge is 2.56. The molecule has 0 aromatic carbocycles. The zero-order valence-electron chi connectivity index (χ0n) is 11.2. The van der Waals surface area contributed by atoms with Gasteiger partial charge in [-0.3, -0.25) is 0 Å². The van der Waals surface area contributed by atoms with Crippen LogP contribution < -0.4 is 10.3 Å². The van der Waals surface area contributed by atoms with Crippen molar-refractivity contribution in [2.24, 2.45) is 23.2 Å². The second kappa shape index (κ2) is 4.06. The Morgan fingerprint density at radius 3 is 2.26 bits per heavy atom. The quantitative estimate of drug-likeness (QED) is 0.869. The Morgan fingerprint density at radius 2 is 1.74 bits per heavy atom. The Labute approximate surface area is 113 Å². The van der Waals surface area contributed by atoms with E-state index in [1.165, 1.54) is 19.3 Å². The molecule has 2 N–H and O–H groups in total. The highest BCUT2D eigenvalue weighted by molar-refractivity contribution is 5.94. The van der Waals surface area contributed by atoms with Crippen LogP contribution in [0.1, 0.15) is 38.5 Å². The second-order valence-electron chi connectivity index (χ2n) is 6.93. The molecule has 1 aromatic rings. The van der Waals surface area contributed by atoms with Crippen LogP contribution in [0.5, 0.6) is 0 Å². The van der Waals surface area contributed by atoms with Crippen LogP contribution in [0.15, 0.2) is 24.4 Å². The van der Waals surface area contributed by atoms with E-state index in [0.717, 1.165) is 42.8 Å². The maximum atomic E-state index is 12.7. The minimum Gasteiger partial charge on any atom is -0.247 e. The second-order valence-corrected chi connectivity index (χ2v) is 6.93. The Balaban J connectivity index is 1.56. The van der Waals surface area contributed by atoms with E-state index in [2.05, 4.69) is 10.3 Å². The number of carbonyl (C=O) groups is 1. The topological polar surface area (TPSA) is 43.2 Å². The van der Waals surface area contributed by atoms with E-state index in [4.69, 9.17) is 0 Å². The standard InChI is InChI=1S/C16H20N2O/c19-15(18-14-3-1-2-4-17-14)16-8-11-5-12(9-16)7-13(6-11)10-16/h1-4,11-13H,5-10H2,(H,17,18,19)/p+1. The first-order chi connectivity index (χ1) is 9.23. The first-order valence-electron chi connectivity index (χ1n) is 7.52. The van der Waals surface area contributed by atoms with E-state index in [-0.39, 0.29) is 11.3 Å². The fourth-order valence-electron chi connectivity index (χ4n) is 5.11. The molecule has 1 heterocycles. The Morgan fingerprint density at radius 1 is 1.11 bits per heavy atom. The number of rotatable bonds is 2. The van der Waals surface area contributed by atoms with E-state index in [0.29, 0.717) is 0 Å². The minimum atomic E-state index is -0.0571. The predicted octanol–water partition coefficient (Wildman–Crippen LogP) is 2.66. The lowest BCUT2D eigenvalue weighted by atomic mass is 9.49. The zero-order valence-corrected chi connectivity index (χ0v) is 11.2. The molecule has 19 heavy (non-hydrogen) atoms. The highest BCUT2D eigenvalue weighted by Crippen LogP contribution is 2.60. The number of amides is 1. The van der Waals surface area contributed by atoms with Crippen molar-refractivity contribution >= 4 is 11.7 Å². The summed E-state index contributed by atoms with van der Waals surface area (Å²) in [5, 5.41) is 3.10. The summed E-state index contributed by atoms with van der Waals surface area (Å²) in [6, 6.07) is 5.81. The van der Waals surface area contributed by atoms with Crippen molar-refractivity contribution in [1.29, 1.82) is 0 Å². The summed E-state index contributed by atoms with van der Waals surface area (Å²) in [5.74, 6) is 3.53. The number of hydrogen-bond acceptors (Lipinski definition) is 1. The van der Waals surface area contributed by atoms with Gasteiger partial charge in [0.2, 0.25) is 0 Å². The number of anilines is 1. The molecule has 4 fully saturated rings. The molecule has 0 saturated heterocycles. The summed E-state index contributed by atoms with van der Waals surface area (Å²) in [7, 11) is 0. The predicted molar refractivity (Wildman–Crippen MR) is 72.2 cm³/mol. The highest BCUT2D eigenvalue weighted by atomic mass is 16.2. The van der Waals surface area contributed by atoms with E-state index in [1.807, 2.05) is 24.4 Å². The van der Waals surface area contributed by atoms with Gasteiger partial charge in [0.1, 0.15) is 0 Å². The van der Waals surface area contributed by atoms with Gasteiger partial charge in [-0.2, -0.15) is 0 Å². The van der Waals surface area contributed by atoms with E-state index in [9.17, 15) is 4.79 Å². The van der Waals surface area contributed by atoms with Crippen LogP contribution in [0.2, 0.25) is 0 Å². The first kappa shape index (κ1) is 11.4. The monoisotopic (exact) mass is 257 g/mol. The maximum Gasteiger partial charge on any atom is 0.313 e. The van der Waals surface area contributed by atoms with Crippen LogP contribution in [0.3, 0.4) is 0 Å². The fraction of sp³-hybridized carbons (Fsp3) is 0.625. The van der Waals surface area contributed by atoms with Crippen LogP contribution in [0.4, 0.5) is 5.82 Å². The molecule has 4 bridgehead atoms. The average molecular weight is 257 g/mol. The van der Waals surface area contributed by atoms with Crippen molar-refractivity contribution < 1.29 is 9.78 Å². The lowest BCUT2D eigenvalue weighted by Gasteiger charge is -2.54. The molecule has 0 atom stereocenters. The number of nitrogens with one attached hydrogen (secondary N) is 2. The van der Waals surface area contributed by atoms with E-state index < -0.39 is 0 Å². The Kier molecular flexibility index (Phi) is 2.44. The van der Waals surface area contributed by atoms with Gasteiger partial charge in [-0.05, 0) is 62.3 Å². The number of pyridine rings is 1. The SMILES string of the molecule is O=C(Nc1cccc[nH+]1)C12CC3CC(CC(C3)C1)C2. The van der Waals surface area contributed by atoms with Crippen LogP contribution in [-0.4, -0.2) is 5.91 Å². The summed E-state index contributed by atoms with van der Waals surface area (Å²) >= 11 is 0. The van der Waals surface area contributed by atoms with E-state index in [1.54, 1.807) is 0 Å². The largest absolute Gasteiger partial charge is 0.313 e. The van der Waals surface area contributed by atoms with Gasteiger partial charge in [0.25, 0.3) is 5.82 Å². The number of carbonyl (C=O) groups excluding carboxylic acids is 1. The summed E-state index contributed by atoms with van der Waals surface area (Å²) in [6.45, 7) is 0. The van der Waals surface area contributed by atoms with Crippen molar-refractivity contribution in [3.8, 4) is 0 Å². The van der Waals surface area contributed by atoms with Crippen molar-refractivity contribution in [1.82, 2.24) is 0 Å². The molecule has 0 unspecified atom stereocenters. The number of aromatic nitrogens is 1. The average Bonchev–Trinajstić information content (AvgIpc) is 2.38. The molecule has 1 amide bonds. The van der Waals surface area contributed by atoms with Crippen LogP contribution in [0, 0.1) is 23.2 Å². The maximum absolute atomic E-state index is 12.7. The van der Waals surface area contributed by atoms with Gasteiger partial charge in [-0.15, -0.1) is 0 Å². The molecule has 3 heteroatoms. The normalized spacial score (nSPS) is 39.3. The molecule has 4 aliphatic carbocycles. The van der Waals surface area contributed by atoms with Crippen molar-refractivity contribution in [3.05, 3.63) is 24.4 Å². The summed E-state index contributed by atoms with van der Waals surface area (Å²) in [5.41, 5.74) is -0.0571.